The molecule has 0 saturated carbocycles. The molecule has 1 aromatic carbocycles. The number of thioether (sulfide) groups is 1. The van der Waals surface area contributed by atoms with Crippen molar-refractivity contribution in [3.8, 4) is 0 Å². The maximum Gasteiger partial charge on any atom is 0.270 e. The van der Waals surface area contributed by atoms with Gasteiger partial charge in [-0.25, -0.2) is 0 Å². The van der Waals surface area contributed by atoms with Gasteiger partial charge in [0.15, 0.2) is 0 Å². The molecule has 1 aromatic heterocycles. The van der Waals surface area contributed by atoms with Crippen molar-refractivity contribution in [2.45, 2.75) is 13.8 Å². The fraction of sp³-hybridized carbons (Fsp3) is 0.118. The Balaban J connectivity index is 1.87. The molecule has 122 valence electrons. The number of aromatic nitrogens is 1. The number of hydrogen-bond acceptors (Lipinski definition) is 4. The molecule has 2 N–H and O–H groups in total. The summed E-state index contributed by atoms with van der Waals surface area (Å²) >= 11 is 6.23. The van der Waals surface area contributed by atoms with E-state index in [1.165, 1.54) is 11.8 Å². The number of thiocarbonyl (C=S) groups is 1. The van der Waals surface area contributed by atoms with Gasteiger partial charge in [0.05, 0.1) is 4.91 Å². The molecule has 0 radical (unpaired) electrons. The Morgan fingerprint density at radius 2 is 2.00 bits per heavy atom. The number of rotatable bonds is 3. The Morgan fingerprint density at radius 1 is 1.29 bits per heavy atom. The summed E-state index contributed by atoms with van der Waals surface area (Å²) in [6.45, 7) is 3.79. The zero-order chi connectivity index (χ0) is 17.3. The molecule has 2 amide bonds. The molecule has 0 unspecified atom stereocenters. The monoisotopic (exact) mass is 357 g/mol. The lowest BCUT2D eigenvalue weighted by Crippen LogP contribution is -2.24. The molecule has 2 heterocycles. The number of hydrogen-bond donors (Lipinski definition) is 2. The first-order chi connectivity index (χ1) is 11.5. The minimum atomic E-state index is -0.192. The topological polar surface area (TPSA) is 63.1 Å². The molecule has 5 nitrogen and oxygen atoms in total. The third-order valence-corrected chi connectivity index (χ3v) is 4.81. The van der Waals surface area contributed by atoms with Crippen LogP contribution < -0.4 is 10.7 Å². The van der Waals surface area contributed by atoms with E-state index in [2.05, 4.69) is 10.7 Å². The minimum absolute atomic E-state index is 0.189. The second kappa shape index (κ2) is 6.62. The quantitative estimate of drug-likeness (QED) is 0.655. The predicted octanol–water partition coefficient (Wildman–Crippen LogP) is 2.98. The van der Waals surface area contributed by atoms with Crippen molar-refractivity contribution in [3.05, 3.63) is 63.8 Å². The molecular formula is C17H15N3O2S2. The Kier molecular flexibility index (Phi) is 4.55. The molecular weight excluding hydrogens is 342 g/mol. The smallest absolute Gasteiger partial charge is 0.270 e. The number of aryl methyl sites for hydroxylation is 1. The Bertz CT molecular complexity index is 869. The van der Waals surface area contributed by atoms with E-state index >= 15 is 0 Å². The zero-order valence-electron chi connectivity index (χ0n) is 13.1. The van der Waals surface area contributed by atoms with Gasteiger partial charge in [-0.05, 0) is 43.7 Å². The molecule has 24 heavy (non-hydrogen) atoms. The van der Waals surface area contributed by atoms with Gasteiger partial charge in [0, 0.05) is 17.0 Å². The number of carbonyl (C=O) groups is 2. The summed E-state index contributed by atoms with van der Waals surface area (Å²) in [4.78, 5) is 24.7. The van der Waals surface area contributed by atoms with Gasteiger partial charge in [-0.3, -0.25) is 19.7 Å². The van der Waals surface area contributed by atoms with Crippen LogP contribution in [-0.2, 0) is 4.79 Å². The number of nitrogens with one attached hydrogen (secondary N) is 2. The van der Waals surface area contributed by atoms with Crippen LogP contribution in [0.2, 0.25) is 0 Å². The number of carbonyl (C=O) groups excluding carboxylic acids is 2. The van der Waals surface area contributed by atoms with E-state index in [0.29, 0.717) is 14.8 Å². The predicted molar refractivity (Wildman–Crippen MR) is 100 cm³/mol. The number of nitrogens with zero attached hydrogens (tertiary/aromatic N) is 1. The molecule has 1 aliphatic heterocycles. The highest BCUT2D eigenvalue weighted by molar-refractivity contribution is 8.26. The standard InChI is InChI=1S/C17H15N3O2S2/c1-10-8-13(9-14-16(22)18-17(23)24-14)11(2)20(10)19-15(21)12-6-4-3-5-7-12/h3-9H,1-2H3,(H,19,21)(H,18,22,23)/b14-9+. The normalized spacial score (nSPS) is 15.7. The van der Waals surface area contributed by atoms with E-state index in [1.807, 2.05) is 38.1 Å². The molecule has 0 bridgehead atoms. The second-order valence-corrected chi connectivity index (χ2v) is 7.04. The summed E-state index contributed by atoms with van der Waals surface area (Å²) in [5.74, 6) is -0.381. The fourth-order valence-corrected chi connectivity index (χ4v) is 3.46. The lowest BCUT2D eigenvalue weighted by molar-refractivity contribution is -0.115. The van der Waals surface area contributed by atoms with Crippen LogP contribution in [0.25, 0.3) is 6.08 Å². The van der Waals surface area contributed by atoms with Crippen LogP contribution in [-0.4, -0.2) is 20.8 Å². The van der Waals surface area contributed by atoms with Gasteiger partial charge in [0.2, 0.25) is 0 Å². The Labute approximate surface area is 149 Å². The summed E-state index contributed by atoms with van der Waals surface area (Å²) in [6.07, 6.45) is 1.78. The molecule has 1 saturated heterocycles. The van der Waals surface area contributed by atoms with Gasteiger partial charge in [-0.2, -0.15) is 0 Å². The zero-order valence-corrected chi connectivity index (χ0v) is 14.8. The SMILES string of the molecule is Cc1cc(/C=C2/SC(=S)NC2=O)c(C)n1NC(=O)c1ccccc1. The first-order valence-electron chi connectivity index (χ1n) is 7.26. The molecule has 0 atom stereocenters. The number of amides is 2. The number of benzene rings is 1. The second-order valence-electron chi connectivity index (χ2n) is 5.32. The van der Waals surface area contributed by atoms with E-state index in [-0.39, 0.29) is 11.8 Å². The van der Waals surface area contributed by atoms with Crippen molar-refractivity contribution in [1.82, 2.24) is 9.99 Å². The highest BCUT2D eigenvalue weighted by Gasteiger charge is 2.23. The molecule has 2 aromatic rings. The molecule has 0 aliphatic carbocycles. The minimum Gasteiger partial charge on any atom is -0.307 e. The first kappa shape index (κ1) is 16.5. The van der Waals surface area contributed by atoms with Crippen LogP contribution in [0.15, 0.2) is 41.3 Å². The molecule has 1 aliphatic rings. The summed E-state index contributed by atoms with van der Waals surface area (Å²) in [6, 6.07) is 10.9. The Hall–Kier alpha value is -2.38. The Morgan fingerprint density at radius 3 is 2.62 bits per heavy atom. The van der Waals surface area contributed by atoms with E-state index in [0.717, 1.165) is 17.0 Å². The average Bonchev–Trinajstić information content (AvgIpc) is 3.01. The van der Waals surface area contributed by atoms with Crippen LogP contribution in [0.4, 0.5) is 0 Å². The lowest BCUT2D eigenvalue weighted by atomic mass is 10.2. The molecule has 0 spiro atoms. The van der Waals surface area contributed by atoms with Crippen LogP contribution in [0, 0.1) is 13.8 Å². The van der Waals surface area contributed by atoms with Crippen LogP contribution >= 0.6 is 24.0 Å². The molecule has 1 fully saturated rings. The van der Waals surface area contributed by atoms with Crippen molar-refractivity contribution in [2.24, 2.45) is 0 Å². The highest BCUT2D eigenvalue weighted by Crippen LogP contribution is 2.27. The van der Waals surface area contributed by atoms with Gasteiger partial charge in [-0.1, -0.05) is 42.2 Å². The van der Waals surface area contributed by atoms with Gasteiger partial charge in [0.25, 0.3) is 11.8 Å². The van der Waals surface area contributed by atoms with Crippen molar-refractivity contribution in [1.29, 1.82) is 0 Å². The van der Waals surface area contributed by atoms with E-state index < -0.39 is 0 Å². The summed E-state index contributed by atoms with van der Waals surface area (Å²) in [5.41, 5.74) is 6.04. The van der Waals surface area contributed by atoms with Gasteiger partial charge >= 0.3 is 0 Å². The van der Waals surface area contributed by atoms with Gasteiger partial charge < -0.3 is 5.32 Å². The highest BCUT2D eigenvalue weighted by atomic mass is 32.2. The fourth-order valence-electron chi connectivity index (χ4n) is 2.42. The maximum atomic E-state index is 12.3. The van der Waals surface area contributed by atoms with Gasteiger partial charge in [-0.15, -0.1) is 0 Å². The maximum absolute atomic E-state index is 12.3. The van der Waals surface area contributed by atoms with Crippen molar-refractivity contribution in [2.75, 3.05) is 5.43 Å². The van der Waals surface area contributed by atoms with Crippen LogP contribution in [0.1, 0.15) is 27.3 Å². The summed E-state index contributed by atoms with van der Waals surface area (Å²) < 4.78 is 2.18. The first-order valence-corrected chi connectivity index (χ1v) is 8.48. The van der Waals surface area contributed by atoms with Crippen molar-refractivity contribution in [3.63, 3.8) is 0 Å². The molecule has 7 heteroatoms. The van der Waals surface area contributed by atoms with Crippen LogP contribution in [0.5, 0.6) is 0 Å². The largest absolute Gasteiger partial charge is 0.307 e. The van der Waals surface area contributed by atoms with Crippen LogP contribution in [0.3, 0.4) is 0 Å². The lowest BCUT2D eigenvalue weighted by Gasteiger charge is -2.11. The summed E-state index contributed by atoms with van der Waals surface area (Å²) in [5, 5.41) is 2.59. The van der Waals surface area contributed by atoms with E-state index in [1.54, 1.807) is 22.9 Å². The van der Waals surface area contributed by atoms with E-state index in [4.69, 9.17) is 12.2 Å². The van der Waals surface area contributed by atoms with Gasteiger partial charge in [0.1, 0.15) is 4.32 Å². The third kappa shape index (κ3) is 3.27. The molecule has 3 rings (SSSR count). The third-order valence-electron chi connectivity index (χ3n) is 3.65. The summed E-state index contributed by atoms with van der Waals surface area (Å²) in [7, 11) is 0. The van der Waals surface area contributed by atoms with Crippen molar-refractivity contribution >= 4 is 46.2 Å². The average molecular weight is 357 g/mol. The van der Waals surface area contributed by atoms with Crippen molar-refractivity contribution < 1.29 is 9.59 Å². The van der Waals surface area contributed by atoms with E-state index in [9.17, 15) is 9.59 Å².